The Hall–Kier alpha value is -2.70. The third kappa shape index (κ3) is 5.51. The maximum atomic E-state index is 12.5. The number of carbonyl (C=O) groups is 1. The van der Waals surface area contributed by atoms with Crippen molar-refractivity contribution in [1.82, 2.24) is 0 Å². The van der Waals surface area contributed by atoms with Crippen molar-refractivity contribution in [2.75, 3.05) is 24.6 Å². The van der Waals surface area contributed by atoms with E-state index < -0.39 is 5.97 Å². The summed E-state index contributed by atoms with van der Waals surface area (Å²) in [5.41, 5.74) is 2.77. The van der Waals surface area contributed by atoms with Crippen LogP contribution in [0.15, 0.2) is 69.8 Å². The molecule has 0 fully saturated rings. The fourth-order valence-corrected chi connectivity index (χ4v) is 4.31. The van der Waals surface area contributed by atoms with E-state index in [9.17, 15) is 9.90 Å². The fourth-order valence-electron chi connectivity index (χ4n) is 3.15. The van der Waals surface area contributed by atoms with E-state index in [4.69, 9.17) is 16.3 Å². The minimum absolute atomic E-state index is 0.0767. The lowest BCUT2D eigenvalue weighted by atomic mass is 10.1. The first kappa shape index (κ1) is 23.0. The summed E-state index contributed by atoms with van der Waals surface area (Å²) in [6, 6.07) is 15.0. The Labute approximate surface area is 192 Å². The number of esters is 1. The lowest BCUT2D eigenvalue weighted by Crippen LogP contribution is -2.21. The smallest absolute Gasteiger partial charge is 0.344 e. The third-order valence-corrected chi connectivity index (χ3v) is 6.02. The first-order valence-corrected chi connectivity index (χ1v) is 11.4. The number of rotatable bonds is 7. The maximum Gasteiger partial charge on any atom is 0.344 e. The van der Waals surface area contributed by atoms with Crippen molar-refractivity contribution in [1.29, 1.82) is 0 Å². The summed E-state index contributed by atoms with van der Waals surface area (Å²) < 4.78 is 5.14. The summed E-state index contributed by atoms with van der Waals surface area (Å²) in [4.78, 5) is 19.9. The Morgan fingerprint density at radius 1 is 1.10 bits per heavy atom. The largest absolute Gasteiger partial charge is 0.506 e. The van der Waals surface area contributed by atoms with E-state index in [1.54, 1.807) is 31.2 Å². The molecular formula is C24H25ClN2O3S. The SMILES string of the molecule is CCOC(=O)C1=C(O)/C(=C\c2ccc(N(CC)CC)cc2)SC1=Nc1ccc(Cl)cc1. The molecule has 0 aromatic heterocycles. The van der Waals surface area contributed by atoms with Crippen molar-refractivity contribution in [2.24, 2.45) is 4.99 Å². The average molecular weight is 457 g/mol. The van der Waals surface area contributed by atoms with Gasteiger partial charge in [0.05, 0.1) is 17.2 Å². The average Bonchev–Trinajstić information content (AvgIpc) is 3.06. The van der Waals surface area contributed by atoms with Crippen molar-refractivity contribution in [3.8, 4) is 0 Å². The number of benzene rings is 2. The zero-order chi connectivity index (χ0) is 22.4. The maximum absolute atomic E-state index is 12.5. The van der Waals surface area contributed by atoms with Crippen molar-refractivity contribution >= 4 is 51.8 Å². The van der Waals surface area contributed by atoms with Crippen LogP contribution in [0, 0.1) is 0 Å². The molecule has 0 aliphatic carbocycles. The molecule has 3 rings (SSSR count). The molecule has 1 N–H and O–H groups in total. The van der Waals surface area contributed by atoms with Crippen LogP contribution in [0.2, 0.25) is 5.02 Å². The zero-order valence-electron chi connectivity index (χ0n) is 17.8. The summed E-state index contributed by atoms with van der Waals surface area (Å²) >= 11 is 7.18. The molecule has 0 spiro atoms. The molecule has 0 amide bonds. The Balaban J connectivity index is 1.95. The van der Waals surface area contributed by atoms with Gasteiger partial charge in [0, 0.05) is 23.8 Å². The van der Waals surface area contributed by atoms with Gasteiger partial charge in [-0.3, -0.25) is 0 Å². The standard InChI is InChI=1S/C24H25ClN2O3S/c1-4-27(5-2)19-13-7-16(8-14-19)15-20-22(28)21(24(29)30-6-3)23(31-20)26-18-11-9-17(25)10-12-18/h7-15,28H,4-6H2,1-3H3/b20-15+,26-23?. The van der Waals surface area contributed by atoms with Gasteiger partial charge in [-0.25, -0.2) is 9.79 Å². The lowest BCUT2D eigenvalue weighted by molar-refractivity contribution is -0.138. The van der Waals surface area contributed by atoms with Crippen LogP contribution in [-0.4, -0.2) is 35.8 Å². The molecule has 1 heterocycles. The van der Waals surface area contributed by atoms with Gasteiger partial charge < -0.3 is 14.7 Å². The number of hydrogen-bond acceptors (Lipinski definition) is 6. The van der Waals surface area contributed by atoms with Gasteiger partial charge in [-0.2, -0.15) is 0 Å². The van der Waals surface area contributed by atoms with Crippen LogP contribution >= 0.6 is 23.4 Å². The second-order valence-corrected chi connectivity index (χ2v) is 8.18. The highest BCUT2D eigenvalue weighted by Crippen LogP contribution is 2.40. The number of aliphatic hydroxyl groups is 1. The van der Waals surface area contributed by atoms with Gasteiger partial charge >= 0.3 is 5.97 Å². The molecule has 2 aromatic carbocycles. The van der Waals surface area contributed by atoms with E-state index in [2.05, 4.69) is 35.9 Å². The van der Waals surface area contributed by atoms with Crippen LogP contribution in [0.25, 0.3) is 6.08 Å². The Bertz CT molecular complexity index is 1020. The number of halogens is 1. The number of anilines is 1. The summed E-state index contributed by atoms with van der Waals surface area (Å²) in [5, 5.41) is 11.8. The van der Waals surface area contributed by atoms with Crippen LogP contribution in [0.1, 0.15) is 26.3 Å². The molecular weight excluding hydrogens is 432 g/mol. The third-order valence-electron chi connectivity index (χ3n) is 4.75. The number of nitrogens with zero attached hydrogens (tertiary/aromatic N) is 2. The number of ether oxygens (including phenoxy) is 1. The van der Waals surface area contributed by atoms with Gasteiger partial charge in [-0.15, -0.1) is 0 Å². The molecule has 162 valence electrons. The van der Waals surface area contributed by atoms with E-state index in [-0.39, 0.29) is 17.9 Å². The highest BCUT2D eigenvalue weighted by atomic mass is 35.5. The van der Waals surface area contributed by atoms with E-state index >= 15 is 0 Å². The van der Waals surface area contributed by atoms with Crippen LogP contribution in [0.5, 0.6) is 0 Å². The first-order chi connectivity index (χ1) is 15.0. The van der Waals surface area contributed by atoms with Crippen molar-refractivity contribution in [3.63, 3.8) is 0 Å². The molecule has 0 saturated heterocycles. The zero-order valence-corrected chi connectivity index (χ0v) is 19.3. The van der Waals surface area contributed by atoms with Crippen molar-refractivity contribution < 1.29 is 14.6 Å². The Morgan fingerprint density at radius 3 is 2.32 bits per heavy atom. The quantitative estimate of drug-likeness (QED) is 0.490. The minimum Gasteiger partial charge on any atom is -0.506 e. The van der Waals surface area contributed by atoms with Crippen LogP contribution < -0.4 is 4.90 Å². The highest BCUT2D eigenvalue weighted by Gasteiger charge is 2.33. The normalized spacial score (nSPS) is 16.3. The predicted octanol–water partition coefficient (Wildman–Crippen LogP) is 6.38. The number of thioether (sulfide) groups is 1. The number of aliphatic imine (C=N–C) groups is 1. The molecule has 1 aliphatic heterocycles. The van der Waals surface area contributed by atoms with Gasteiger partial charge in [0.15, 0.2) is 0 Å². The van der Waals surface area contributed by atoms with Gasteiger partial charge in [-0.05, 0) is 68.8 Å². The lowest BCUT2D eigenvalue weighted by Gasteiger charge is -2.20. The van der Waals surface area contributed by atoms with Crippen LogP contribution in [-0.2, 0) is 9.53 Å². The van der Waals surface area contributed by atoms with E-state index in [1.807, 2.05) is 18.2 Å². The molecule has 0 atom stereocenters. The molecule has 7 heteroatoms. The first-order valence-electron chi connectivity index (χ1n) is 10.2. The Kier molecular flexibility index (Phi) is 7.82. The molecule has 0 unspecified atom stereocenters. The molecule has 5 nitrogen and oxygen atoms in total. The number of hydrogen-bond donors (Lipinski definition) is 1. The van der Waals surface area contributed by atoms with E-state index in [0.717, 1.165) is 24.3 Å². The van der Waals surface area contributed by atoms with Crippen LogP contribution in [0.4, 0.5) is 11.4 Å². The molecule has 31 heavy (non-hydrogen) atoms. The molecule has 0 saturated carbocycles. The number of aliphatic hydroxyl groups excluding tert-OH is 1. The monoisotopic (exact) mass is 456 g/mol. The summed E-state index contributed by atoms with van der Waals surface area (Å²) in [6.07, 6.45) is 1.84. The second-order valence-electron chi connectivity index (χ2n) is 6.71. The summed E-state index contributed by atoms with van der Waals surface area (Å²) in [6.45, 7) is 8.04. The van der Waals surface area contributed by atoms with Crippen LogP contribution in [0.3, 0.4) is 0 Å². The molecule has 1 aliphatic rings. The summed E-state index contributed by atoms with van der Waals surface area (Å²) in [7, 11) is 0. The predicted molar refractivity (Wildman–Crippen MR) is 130 cm³/mol. The van der Waals surface area contributed by atoms with Gasteiger partial charge in [-0.1, -0.05) is 35.5 Å². The summed E-state index contributed by atoms with van der Waals surface area (Å²) in [5.74, 6) is -0.718. The highest BCUT2D eigenvalue weighted by molar-refractivity contribution is 8.18. The molecule has 0 radical (unpaired) electrons. The topological polar surface area (TPSA) is 62.1 Å². The van der Waals surface area contributed by atoms with Gasteiger partial charge in [0.1, 0.15) is 16.4 Å². The molecule has 0 bridgehead atoms. The van der Waals surface area contributed by atoms with Crippen molar-refractivity contribution in [3.05, 3.63) is 75.4 Å². The molecule has 2 aromatic rings. The second kappa shape index (κ2) is 10.6. The fraction of sp³-hybridized carbons (Fsp3) is 0.250. The van der Waals surface area contributed by atoms with Crippen molar-refractivity contribution in [2.45, 2.75) is 20.8 Å². The van der Waals surface area contributed by atoms with E-state index in [1.165, 1.54) is 11.8 Å². The van der Waals surface area contributed by atoms with Gasteiger partial charge in [0.25, 0.3) is 0 Å². The van der Waals surface area contributed by atoms with Gasteiger partial charge in [0.2, 0.25) is 0 Å². The Morgan fingerprint density at radius 2 is 1.74 bits per heavy atom. The minimum atomic E-state index is -0.597. The van der Waals surface area contributed by atoms with E-state index in [0.29, 0.717) is 20.7 Å². The number of carbonyl (C=O) groups excluding carboxylic acids is 1.